The molecule has 0 spiro atoms. The van der Waals surface area contributed by atoms with Crippen molar-refractivity contribution in [1.29, 1.82) is 5.26 Å². The molecule has 0 atom stereocenters. The highest BCUT2D eigenvalue weighted by Crippen LogP contribution is 2.34. The van der Waals surface area contributed by atoms with Gasteiger partial charge in [-0.05, 0) is 30.0 Å². The summed E-state index contributed by atoms with van der Waals surface area (Å²) in [7, 11) is 0. The van der Waals surface area contributed by atoms with Crippen LogP contribution in [-0.2, 0) is 0 Å². The molecule has 0 aliphatic rings. The van der Waals surface area contributed by atoms with Crippen LogP contribution in [0.5, 0.6) is 0 Å². The van der Waals surface area contributed by atoms with Gasteiger partial charge in [-0.15, -0.1) is 11.8 Å². The van der Waals surface area contributed by atoms with E-state index in [1.54, 1.807) is 35.9 Å². The molecule has 2 nitrogen and oxygen atoms in total. The number of benzene rings is 1. The molecule has 90 valence electrons. The van der Waals surface area contributed by atoms with Gasteiger partial charge in [0.2, 0.25) is 0 Å². The molecule has 0 fully saturated rings. The van der Waals surface area contributed by atoms with Crippen LogP contribution in [0.1, 0.15) is 12.5 Å². The van der Waals surface area contributed by atoms with Crippen LogP contribution in [0.2, 0.25) is 0 Å². The molecule has 0 amide bonds. The number of hydrogen-bond acceptors (Lipinski definition) is 4. The Labute approximate surface area is 115 Å². The Kier molecular flexibility index (Phi) is 4.68. The third-order valence-corrected chi connectivity index (χ3v) is 4.29. The van der Waals surface area contributed by atoms with E-state index < -0.39 is 0 Å². The van der Waals surface area contributed by atoms with E-state index in [9.17, 15) is 5.26 Å². The van der Waals surface area contributed by atoms with Crippen LogP contribution in [0.25, 0.3) is 0 Å². The van der Waals surface area contributed by atoms with Crippen LogP contribution >= 0.6 is 23.5 Å². The van der Waals surface area contributed by atoms with Crippen molar-refractivity contribution in [2.75, 3.05) is 5.75 Å². The topological polar surface area (TPSA) is 36.7 Å². The summed E-state index contributed by atoms with van der Waals surface area (Å²) in [4.78, 5) is 7.15. The zero-order valence-corrected chi connectivity index (χ0v) is 11.6. The molecule has 1 aromatic heterocycles. The van der Waals surface area contributed by atoms with Crippen LogP contribution in [0.4, 0.5) is 0 Å². The summed E-state index contributed by atoms with van der Waals surface area (Å²) in [6.45, 7) is 2.09. The van der Waals surface area contributed by atoms with Crippen LogP contribution < -0.4 is 0 Å². The van der Waals surface area contributed by atoms with Crippen LogP contribution in [0.15, 0.2) is 57.4 Å². The summed E-state index contributed by atoms with van der Waals surface area (Å²) < 4.78 is 0. The first-order valence-electron chi connectivity index (χ1n) is 5.59. The highest BCUT2D eigenvalue weighted by Gasteiger charge is 2.09. The molecule has 0 bridgehead atoms. The fourth-order valence-electron chi connectivity index (χ4n) is 1.52. The average molecular weight is 272 g/mol. The maximum atomic E-state index is 9.31. The van der Waals surface area contributed by atoms with Crippen molar-refractivity contribution >= 4 is 23.5 Å². The van der Waals surface area contributed by atoms with E-state index in [1.165, 1.54) is 0 Å². The van der Waals surface area contributed by atoms with E-state index in [1.807, 2.05) is 30.3 Å². The Morgan fingerprint density at radius 2 is 1.89 bits per heavy atom. The highest BCUT2D eigenvalue weighted by molar-refractivity contribution is 8.00. The smallest absolute Gasteiger partial charge is 0.101 e. The third kappa shape index (κ3) is 3.06. The quantitative estimate of drug-likeness (QED) is 0.781. The largest absolute Gasteiger partial charge is 0.265 e. The lowest BCUT2D eigenvalue weighted by atomic mass is 10.2. The summed E-state index contributed by atoms with van der Waals surface area (Å²) in [5.74, 6) is 0.970. The van der Waals surface area contributed by atoms with Gasteiger partial charge < -0.3 is 0 Å². The van der Waals surface area contributed by atoms with Gasteiger partial charge in [-0.2, -0.15) is 5.26 Å². The van der Waals surface area contributed by atoms with E-state index in [2.05, 4.69) is 18.0 Å². The van der Waals surface area contributed by atoms with Crippen molar-refractivity contribution < 1.29 is 0 Å². The van der Waals surface area contributed by atoms with Gasteiger partial charge in [-0.1, -0.05) is 24.8 Å². The monoisotopic (exact) mass is 272 g/mol. The molecule has 0 saturated carbocycles. The lowest BCUT2D eigenvalue weighted by molar-refractivity contribution is 1.23. The number of aromatic nitrogens is 1. The van der Waals surface area contributed by atoms with E-state index in [-0.39, 0.29) is 0 Å². The Bertz CT molecular complexity index is 562. The molecular weight excluding hydrogens is 260 g/mol. The normalized spacial score (nSPS) is 10.0. The minimum atomic E-state index is 0.770. The fraction of sp³-hybridized carbons (Fsp3) is 0.143. The predicted molar refractivity (Wildman–Crippen MR) is 75.9 cm³/mol. The molecule has 1 heterocycles. The second kappa shape index (κ2) is 6.48. The summed E-state index contributed by atoms with van der Waals surface area (Å²) in [6.07, 6.45) is 3.53. The summed E-state index contributed by atoms with van der Waals surface area (Å²) in [5, 5.41) is 9.31. The van der Waals surface area contributed by atoms with Crippen LogP contribution in [0.3, 0.4) is 0 Å². The molecule has 4 heteroatoms. The molecule has 0 unspecified atom stereocenters. The van der Waals surface area contributed by atoms with Crippen molar-refractivity contribution in [3.8, 4) is 6.07 Å². The van der Waals surface area contributed by atoms with Gasteiger partial charge in [0.05, 0.1) is 5.56 Å². The number of thioether (sulfide) groups is 1. The number of pyridine rings is 1. The lowest BCUT2D eigenvalue weighted by Crippen LogP contribution is -1.86. The molecule has 0 aliphatic heterocycles. The molecule has 0 aliphatic carbocycles. The molecule has 1 aromatic carbocycles. The van der Waals surface area contributed by atoms with E-state index in [0.717, 1.165) is 26.0 Å². The van der Waals surface area contributed by atoms with Crippen LogP contribution in [-0.4, -0.2) is 10.7 Å². The molecule has 2 aromatic rings. The van der Waals surface area contributed by atoms with Crippen molar-refractivity contribution in [2.24, 2.45) is 0 Å². The van der Waals surface area contributed by atoms with Crippen molar-refractivity contribution in [2.45, 2.75) is 21.6 Å². The molecular formula is C14H12N2S2. The van der Waals surface area contributed by atoms with Gasteiger partial charge in [-0.25, -0.2) is 0 Å². The first kappa shape index (κ1) is 13.0. The second-order valence-corrected chi connectivity index (χ2v) is 5.88. The number of nitriles is 1. The maximum Gasteiger partial charge on any atom is 0.101 e. The van der Waals surface area contributed by atoms with Gasteiger partial charge in [0, 0.05) is 27.1 Å². The van der Waals surface area contributed by atoms with Crippen molar-refractivity contribution in [1.82, 2.24) is 4.98 Å². The predicted octanol–water partition coefficient (Wildman–Crippen LogP) is 4.22. The Balaban J connectivity index is 2.34. The van der Waals surface area contributed by atoms with Gasteiger partial charge in [0.25, 0.3) is 0 Å². The standard InChI is InChI=1S/C14H12N2S2/c1-2-17-13-4-3-5-14(12(13)10-15)18-11-6-8-16-9-7-11/h3-9H,2H2,1H3. The molecule has 18 heavy (non-hydrogen) atoms. The van der Waals surface area contributed by atoms with E-state index >= 15 is 0 Å². The van der Waals surface area contributed by atoms with Crippen molar-refractivity contribution in [3.05, 3.63) is 48.3 Å². The molecule has 0 saturated heterocycles. The average Bonchev–Trinajstić information content (AvgIpc) is 2.41. The first-order valence-corrected chi connectivity index (χ1v) is 7.39. The van der Waals surface area contributed by atoms with Gasteiger partial charge in [0.1, 0.15) is 6.07 Å². The molecule has 0 radical (unpaired) electrons. The number of nitrogens with zero attached hydrogens (tertiary/aromatic N) is 2. The van der Waals surface area contributed by atoms with Gasteiger partial charge in [0.15, 0.2) is 0 Å². The van der Waals surface area contributed by atoms with E-state index in [0.29, 0.717) is 0 Å². The number of hydrogen-bond donors (Lipinski definition) is 0. The van der Waals surface area contributed by atoms with Crippen molar-refractivity contribution in [3.63, 3.8) is 0 Å². The minimum absolute atomic E-state index is 0.770. The molecule has 0 N–H and O–H groups in total. The maximum absolute atomic E-state index is 9.31. The Hall–Kier alpha value is -1.44. The SMILES string of the molecule is CCSc1cccc(Sc2ccncc2)c1C#N. The van der Waals surface area contributed by atoms with E-state index in [4.69, 9.17) is 0 Å². The molecule has 2 rings (SSSR count). The third-order valence-electron chi connectivity index (χ3n) is 2.28. The first-order chi connectivity index (χ1) is 8.85. The van der Waals surface area contributed by atoms with Crippen LogP contribution in [0, 0.1) is 11.3 Å². The second-order valence-electron chi connectivity index (χ2n) is 3.46. The Morgan fingerprint density at radius 3 is 2.56 bits per heavy atom. The van der Waals surface area contributed by atoms with Gasteiger partial charge in [-0.3, -0.25) is 4.98 Å². The zero-order chi connectivity index (χ0) is 12.8. The Morgan fingerprint density at radius 1 is 1.17 bits per heavy atom. The lowest BCUT2D eigenvalue weighted by Gasteiger charge is -2.07. The highest BCUT2D eigenvalue weighted by atomic mass is 32.2. The summed E-state index contributed by atoms with van der Waals surface area (Å²) in [5.41, 5.74) is 0.770. The van der Waals surface area contributed by atoms with Gasteiger partial charge >= 0.3 is 0 Å². The summed E-state index contributed by atoms with van der Waals surface area (Å²) in [6, 6.07) is 12.2. The summed E-state index contributed by atoms with van der Waals surface area (Å²) >= 11 is 3.31. The minimum Gasteiger partial charge on any atom is -0.265 e. The fourth-order valence-corrected chi connectivity index (χ4v) is 3.28. The zero-order valence-electron chi connectivity index (χ0n) is 9.96. The number of rotatable bonds is 4.